The van der Waals surface area contributed by atoms with Crippen molar-refractivity contribution in [1.82, 2.24) is 10.3 Å². The third kappa shape index (κ3) is 3.92. The molecule has 1 aromatic rings. The summed E-state index contributed by atoms with van der Waals surface area (Å²) in [6.45, 7) is 1.97. The molecule has 3 nitrogen and oxygen atoms in total. The van der Waals surface area contributed by atoms with Crippen LogP contribution in [-0.2, 0) is 0 Å². The molecule has 0 saturated heterocycles. The van der Waals surface area contributed by atoms with E-state index in [0.29, 0.717) is 11.2 Å². The van der Waals surface area contributed by atoms with E-state index in [1.807, 2.05) is 19.1 Å². The number of hydrogen-bond acceptors (Lipinski definition) is 2. The first-order chi connectivity index (χ1) is 8.65. The average molecular weight is 328 g/mol. The molecule has 0 radical (unpaired) electrons. The lowest BCUT2D eigenvalue weighted by Gasteiger charge is -2.24. The summed E-state index contributed by atoms with van der Waals surface area (Å²) >= 11 is 8.76. The van der Waals surface area contributed by atoms with Crippen LogP contribution < -0.4 is 10.6 Å². The van der Waals surface area contributed by atoms with Crippen LogP contribution in [0.4, 0.5) is 5.82 Å². The summed E-state index contributed by atoms with van der Waals surface area (Å²) in [6, 6.07) is 4.43. The molecular weight excluding hydrogens is 310 g/mol. The van der Waals surface area contributed by atoms with Crippen LogP contribution in [0.5, 0.6) is 0 Å². The lowest BCUT2D eigenvalue weighted by Crippen LogP contribution is -2.39. The van der Waals surface area contributed by atoms with Crippen molar-refractivity contribution in [1.29, 1.82) is 0 Å². The van der Waals surface area contributed by atoms with E-state index in [0.717, 1.165) is 16.0 Å². The van der Waals surface area contributed by atoms with Crippen molar-refractivity contribution in [2.75, 3.05) is 5.32 Å². The van der Waals surface area contributed by atoms with Crippen LogP contribution in [0.3, 0.4) is 0 Å². The maximum atomic E-state index is 5.32. The largest absolute Gasteiger partial charge is 0.360 e. The topological polar surface area (TPSA) is 37.0 Å². The van der Waals surface area contributed by atoms with Crippen molar-refractivity contribution in [2.24, 2.45) is 0 Å². The van der Waals surface area contributed by atoms with Crippen molar-refractivity contribution in [3.8, 4) is 0 Å². The zero-order valence-corrected chi connectivity index (χ0v) is 12.9. The van der Waals surface area contributed by atoms with Crippen LogP contribution in [-0.4, -0.2) is 16.1 Å². The molecule has 1 heterocycles. The van der Waals surface area contributed by atoms with Gasteiger partial charge in [-0.05, 0) is 60.0 Å². The number of hydrogen-bond donors (Lipinski definition) is 2. The molecule has 0 spiro atoms. The van der Waals surface area contributed by atoms with E-state index in [9.17, 15) is 0 Å². The Kier molecular flexibility index (Phi) is 4.95. The fourth-order valence-electron chi connectivity index (χ4n) is 2.20. The molecule has 0 amide bonds. The zero-order chi connectivity index (χ0) is 13.0. The maximum absolute atomic E-state index is 5.32. The summed E-state index contributed by atoms with van der Waals surface area (Å²) in [5.74, 6) is 0.795. The molecule has 0 atom stereocenters. The third-order valence-corrected chi connectivity index (χ3v) is 4.26. The van der Waals surface area contributed by atoms with Gasteiger partial charge in [-0.3, -0.25) is 0 Å². The fraction of sp³-hybridized carbons (Fsp3) is 0.538. The van der Waals surface area contributed by atoms with Gasteiger partial charge in [-0.15, -0.1) is 0 Å². The summed E-state index contributed by atoms with van der Waals surface area (Å²) in [4.78, 5) is 4.42. The second-order valence-corrected chi connectivity index (χ2v) is 5.96. The van der Waals surface area contributed by atoms with Crippen LogP contribution in [0.1, 0.15) is 37.8 Å². The Labute approximate surface area is 122 Å². The maximum Gasteiger partial charge on any atom is 0.172 e. The molecule has 1 fully saturated rings. The molecular formula is C13H18BrN3S. The fourth-order valence-corrected chi connectivity index (χ4v) is 2.69. The molecule has 1 aromatic heterocycles. The Morgan fingerprint density at radius 1 is 1.33 bits per heavy atom. The van der Waals surface area contributed by atoms with Gasteiger partial charge in [0.2, 0.25) is 0 Å². The van der Waals surface area contributed by atoms with E-state index in [4.69, 9.17) is 12.2 Å². The van der Waals surface area contributed by atoms with Crippen LogP contribution in [0.25, 0.3) is 0 Å². The minimum absolute atomic E-state index is 0.523. The summed E-state index contributed by atoms with van der Waals surface area (Å²) in [6.07, 6.45) is 6.39. The Morgan fingerprint density at radius 3 is 2.72 bits per heavy atom. The Bertz CT molecular complexity index is 430. The molecule has 0 aromatic carbocycles. The molecule has 0 aliphatic heterocycles. The second kappa shape index (κ2) is 6.48. The van der Waals surface area contributed by atoms with Crippen molar-refractivity contribution >= 4 is 39.1 Å². The van der Waals surface area contributed by atoms with Gasteiger partial charge in [0.05, 0.1) is 5.69 Å². The molecule has 1 aliphatic rings. The van der Waals surface area contributed by atoms with Gasteiger partial charge in [0.15, 0.2) is 5.11 Å². The van der Waals surface area contributed by atoms with E-state index in [1.165, 1.54) is 32.1 Å². The number of nitrogens with zero attached hydrogens (tertiary/aromatic N) is 1. The van der Waals surface area contributed by atoms with Gasteiger partial charge in [-0.1, -0.05) is 19.3 Å². The number of rotatable bonds is 2. The molecule has 5 heteroatoms. The highest BCUT2D eigenvalue weighted by atomic mass is 79.9. The highest BCUT2D eigenvalue weighted by molar-refractivity contribution is 9.10. The molecule has 98 valence electrons. The first kappa shape index (κ1) is 13.7. The Hall–Kier alpha value is -0.680. The average Bonchev–Trinajstić information content (AvgIpc) is 2.35. The normalized spacial score (nSPS) is 16.3. The van der Waals surface area contributed by atoms with Crippen molar-refractivity contribution < 1.29 is 0 Å². The van der Waals surface area contributed by atoms with Gasteiger partial charge in [0, 0.05) is 10.5 Å². The SMILES string of the molecule is Cc1nc(NC(=S)NC2CCCCC2)ccc1Br. The highest BCUT2D eigenvalue weighted by Crippen LogP contribution is 2.18. The van der Waals surface area contributed by atoms with Gasteiger partial charge in [0.1, 0.15) is 5.82 Å². The Balaban J connectivity index is 1.88. The number of thiocarbonyl (C=S) groups is 1. The lowest BCUT2D eigenvalue weighted by atomic mass is 9.96. The van der Waals surface area contributed by atoms with Crippen LogP contribution in [0.2, 0.25) is 0 Å². The highest BCUT2D eigenvalue weighted by Gasteiger charge is 2.14. The second-order valence-electron chi connectivity index (χ2n) is 4.70. The number of anilines is 1. The predicted molar refractivity (Wildman–Crippen MR) is 82.9 cm³/mol. The number of halogens is 1. The Morgan fingerprint density at radius 2 is 2.06 bits per heavy atom. The smallest absolute Gasteiger partial charge is 0.172 e. The van der Waals surface area contributed by atoms with Crippen LogP contribution in [0.15, 0.2) is 16.6 Å². The molecule has 1 aliphatic carbocycles. The van der Waals surface area contributed by atoms with Gasteiger partial charge in [-0.25, -0.2) is 4.98 Å². The van der Waals surface area contributed by atoms with Gasteiger partial charge in [-0.2, -0.15) is 0 Å². The number of aromatic nitrogens is 1. The minimum atomic E-state index is 0.523. The third-order valence-electron chi connectivity index (χ3n) is 3.20. The molecule has 0 bridgehead atoms. The summed E-state index contributed by atoms with van der Waals surface area (Å²) in [7, 11) is 0. The molecule has 1 saturated carbocycles. The summed E-state index contributed by atoms with van der Waals surface area (Å²) in [5.41, 5.74) is 0.959. The summed E-state index contributed by atoms with van der Waals surface area (Å²) in [5, 5.41) is 7.19. The number of aryl methyl sites for hydroxylation is 1. The van der Waals surface area contributed by atoms with Crippen molar-refractivity contribution in [3.05, 3.63) is 22.3 Å². The summed E-state index contributed by atoms with van der Waals surface area (Å²) < 4.78 is 1.01. The first-order valence-electron chi connectivity index (χ1n) is 6.36. The number of pyridine rings is 1. The standard InChI is InChI=1S/C13H18BrN3S/c1-9-11(14)7-8-12(15-9)17-13(18)16-10-5-3-2-4-6-10/h7-8,10H,2-6H2,1H3,(H2,15,16,17,18). The molecule has 18 heavy (non-hydrogen) atoms. The van der Waals surface area contributed by atoms with Gasteiger partial charge in [0.25, 0.3) is 0 Å². The zero-order valence-electron chi connectivity index (χ0n) is 10.5. The van der Waals surface area contributed by atoms with Crippen LogP contribution >= 0.6 is 28.1 Å². The first-order valence-corrected chi connectivity index (χ1v) is 7.56. The monoisotopic (exact) mass is 327 g/mol. The quantitative estimate of drug-likeness (QED) is 0.811. The van der Waals surface area contributed by atoms with Crippen molar-refractivity contribution in [2.45, 2.75) is 45.1 Å². The van der Waals surface area contributed by atoms with Gasteiger partial charge >= 0.3 is 0 Å². The van der Waals surface area contributed by atoms with E-state index < -0.39 is 0 Å². The predicted octanol–water partition coefficient (Wildman–Crippen LogP) is 3.77. The van der Waals surface area contributed by atoms with E-state index >= 15 is 0 Å². The molecule has 2 N–H and O–H groups in total. The van der Waals surface area contributed by atoms with E-state index in [-0.39, 0.29) is 0 Å². The lowest BCUT2D eigenvalue weighted by molar-refractivity contribution is 0.415. The van der Waals surface area contributed by atoms with Crippen LogP contribution in [0, 0.1) is 6.92 Å². The van der Waals surface area contributed by atoms with E-state index in [2.05, 4.69) is 31.5 Å². The van der Waals surface area contributed by atoms with Crippen molar-refractivity contribution in [3.63, 3.8) is 0 Å². The minimum Gasteiger partial charge on any atom is -0.360 e. The van der Waals surface area contributed by atoms with Gasteiger partial charge < -0.3 is 10.6 Å². The molecule has 2 rings (SSSR count). The molecule has 0 unspecified atom stereocenters. The number of nitrogens with one attached hydrogen (secondary N) is 2. The van der Waals surface area contributed by atoms with E-state index in [1.54, 1.807) is 0 Å².